The van der Waals surface area contributed by atoms with Crippen LogP contribution in [0.4, 0.5) is 17.6 Å². The van der Waals surface area contributed by atoms with Crippen molar-refractivity contribution in [1.29, 1.82) is 0 Å². The lowest BCUT2D eigenvalue weighted by Crippen LogP contribution is -2.08. The zero-order chi connectivity index (χ0) is 11.2. The van der Waals surface area contributed by atoms with Crippen LogP contribution in [-0.4, -0.2) is 9.38 Å². The van der Waals surface area contributed by atoms with Crippen LogP contribution in [0, 0.1) is 12.9 Å². The van der Waals surface area contributed by atoms with Crippen LogP contribution in [-0.2, 0) is 6.18 Å². The van der Waals surface area contributed by atoms with Gasteiger partial charge in [-0.15, -0.1) is 0 Å². The Hall–Kier alpha value is -1.59. The number of hydrogen-bond donors (Lipinski definition) is 0. The minimum absolute atomic E-state index is 0.0505. The van der Waals surface area contributed by atoms with Gasteiger partial charge >= 0.3 is 6.18 Å². The fraction of sp³-hybridized carbons (Fsp3) is 0.222. The van der Waals surface area contributed by atoms with Crippen LogP contribution < -0.4 is 0 Å². The van der Waals surface area contributed by atoms with E-state index in [1.165, 1.54) is 12.3 Å². The summed E-state index contributed by atoms with van der Waals surface area (Å²) in [6.07, 6.45) is -3.49. The number of nitrogens with zero attached hydrogens (tertiary/aromatic N) is 2. The molecule has 2 heterocycles. The van der Waals surface area contributed by atoms with Crippen molar-refractivity contribution >= 4 is 5.65 Å². The zero-order valence-electron chi connectivity index (χ0n) is 7.64. The molecule has 0 aliphatic carbocycles. The normalized spacial score (nSPS) is 12.3. The number of rotatable bonds is 0. The van der Waals surface area contributed by atoms with Crippen LogP contribution in [0.15, 0.2) is 18.3 Å². The van der Waals surface area contributed by atoms with Crippen molar-refractivity contribution in [2.45, 2.75) is 13.1 Å². The van der Waals surface area contributed by atoms with Gasteiger partial charge in [0.05, 0.1) is 0 Å². The smallest absolute Gasteiger partial charge is 0.276 e. The molecule has 2 rings (SSSR count). The summed E-state index contributed by atoms with van der Waals surface area (Å²) in [5.74, 6) is -1.37. The van der Waals surface area contributed by atoms with E-state index in [2.05, 4.69) is 4.98 Å². The number of fused-ring (bicyclic) bond motifs is 1. The summed E-state index contributed by atoms with van der Waals surface area (Å²) in [7, 11) is 0. The number of alkyl halides is 3. The lowest BCUT2D eigenvalue weighted by atomic mass is 10.3. The predicted octanol–water partition coefficient (Wildman–Crippen LogP) is 2.80. The van der Waals surface area contributed by atoms with Gasteiger partial charge in [-0.25, -0.2) is 4.98 Å². The topological polar surface area (TPSA) is 17.3 Å². The highest BCUT2D eigenvalue weighted by Crippen LogP contribution is 2.30. The molecule has 15 heavy (non-hydrogen) atoms. The van der Waals surface area contributed by atoms with Gasteiger partial charge in [-0.2, -0.15) is 17.6 Å². The lowest BCUT2D eigenvalue weighted by Gasteiger charge is -2.00. The Morgan fingerprint density at radius 2 is 1.93 bits per heavy atom. The molecule has 80 valence electrons. The van der Waals surface area contributed by atoms with Crippen molar-refractivity contribution < 1.29 is 17.6 Å². The van der Waals surface area contributed by atoms with E-state index in [1.807, 2.05) is 0 Å². The molecule has 0 fully saturated rings. The van der Waals surface area contributed by atoms with E-state index < -0.39 is 17.8 Å². The average Bonchev–Trinajstić information content (AvgIpc) is 2.43. The van der Waals surface area contributed by atoms with E-state index in [4.69, 9.17) is 0 Å². The van der Waals surface area contributed by atoms with Gasteiger partial charge in [0, 0.05) is 6.20 Å². The molecule has 0 aliphatic rings. The molecular formula is C9H6F4N2. The van der Waals surface area contributed by atoms with E-state index in [0.29, 0.717) is 5.56 Å². The highest BCUT2D eigenvalue weighted by atomic mass is 19.4. The molecule has 0 atom stereocenters. The Bertz CT molecular complexity index is 513. The molecular weight excluding hydrogens is 212 g/mol. The van der Waals surface area contributed by atoms with Gasteiger partial charge in [-0.3, -0.25) is 4.40 Å². The Kier molecular flexibility index (Phi) is 1.95. The van der Waals surface area contributed by atoms with Crippen molar-refractivity contribution in [2.75, 3.05) is 0 Å². The van der Waals surface area contributed by atoms with Crippen LogP contribution in [0.3, 0.4) is 0 Å². The molecule has 0 aliphatic heterocycles. The highest BCUT2D eigenvalue weighted by Gasteiger charge is 2.38. The second kappa shape index (κ2) is 2.95. The van der Waals surface area contributed by atoms with Crippen LogP contribution in [0.5, 0.6) is 0 Å². The van der Waals surface area contributed by atoms with Crippen molar-refractivity contribution in [1.82, 2.24) is 9.38 Å². The Morgan fingerprint density at radius 3 is 2.53 bits per heavy atom. The number of aryl methyl sites for hydroxylation is 1. The molecule has 2 nitrogen and oxygen atoms in total. The molecule has 0 saturated heterocycles. The van der Waals surface area contributed by atoms with E-state index >= 15 is 0 Å². The molecule has 2 aromatic heterocycles. The van der Waals surface area contributed by atoms with Gasteiger partial charge < -0.3 is 0 Å². The number of hydrogen-bond acceptors (Lipinski definition) is 1. The number of aromatic nitrogens is 2. The molecule has 0 bridgehead atoms. The van der Waals surface area contributed by atoms with Crippen LogP contribution >= 0.6 is 0 Å². The van der Waals surface area contributed by atoms with Gasteiger partial charge in [0.1, 0.15) is 5.65 Å². The molecule has 0 N–H and O–H groups in total. The van der Waals surface area contributed by atoms with Crippen LogP contribution in [0.1, 0.15) is 11.3 Å². The Morgan fingerprint density at radius 1 is 1.27 bits per heavy atom. The molecule has 0 amide bonds. The summed E-state index contributed by atoms with van der Waals surface area (Å²) in [5.41, 5.74) is -0.869. The van der Waals surface area contributed by atoms with Gasteiger partial charge in [0.2, 0.25) is 5.95 Å². The third-order valence-corrected chi connectivity index (χ3v) is 1.98. The van der Waals surface area contributed by atoms with E-state index in [1.54, 1.807) is 13.0 Å². The SMILES string of the molecule is Cc1ccc2nc(C(F)(F)F)c(F)n2c1. The quantitative estimate of drug-likeness (QED) is 0.621. The van der Waals surface area contributed by atoms with Gasteiger partial charge in [0.15, 0.2) is 5.69 Å². The van der Waals surface area contributed by atoms with Crippen LogP contribution in [0.2, 0.25) is 0 Å². The fourth-order valence-corrected chi connectivity index (χ4v) is 1.30. The van der Waals surface area contributed by atoms with Gasteiger partial charge in [-0.05, 0) is 18.6 Å². The first-order chi connectivity index (χ1) is 6.89. The fourth-order valence-electron chi connectivity index (χ4n) is 1.30. The van der Waals surface area contributed by atoms with Crippen LogP contribution in [0.25, 0.3) is 5.65 Å². The lowest BCUT2D eigenvalue weighted by molar-refractivity contribution is -0.143. The number of pyridine rings is 1. The Labute approximate surface area is 82.2 Å². The largest absolute Gasteiger partial charge is 0.437 e. The van der Waals surface area contributed by atoms with E-state index in [9.17, 15) is 17.6 Å². The molecule has 0 radical (unpaired) electrons. The van der Waals surface area contributed by atoms with Gasteiger partial charge in [-0.1, -0.05) is 6.07 Å². The highest BCUT2D eigenvalue weighted by molar-refractivity contribution is 5.42. The maximum absolute atomic E-state index is 13.3. The van der Waals surface area contributed by atoms with E-state index in [-0.39, 0.29) is 5.65 Å². The molecule has 0 unspecified atom stereocenters. The summed E-state index contributed by atoms with van der Waals surface area (Å²) >= 11 is 0. The summed E-state index contributed by atoms with van der Waals surface area (Å²) in [6.45, 7) is 1.66. The molecule has 6 heteroatoms. The standard InChI is InChI=1S/C9H6F4N2/c1-5-2-3-6-14-7(9(11,12)13)8(10)15(6)4-5/h2-4H,1H3. The monoisotopic (exact) mass is 218 g/mol. The second-order valence-electron chi connectivity index (χ2n) is 3.18. The van der Waals surface area contributed by atoms with E-state index in [0.717, 1.165) is 4.40 Å². The molecule has 0 spiro atoms. The average molecular weight is 218 g/mol. The van der Waals surface area contributed by atoms with Gasteiger partial charge in [0.25, 0.3) is 0 Å². The maximum Gasteiger partial charge on any atom is 0.437 e. The Balaban J connectivity index is 2.76. The molecule has 2 aromatic rings. The predicted molar refractivity (Wildman–Crippen MR) is 44.9 cm³/mol. The maximum atomic E-state index is 13.3. The number of halogens is 4. The summed E-state index contributed by atoms with van der Waals surface area (Å²) < 4.78 is 50.9. The molecule has 0 aromatic carbocycles. The van der Waals surface area contributed by atoms with Crippen molar-refractivity contribution in [3.8, 4) is 0 Å². The number of imidazole rings is 1. The third-order valence-electron chi connectivity index (χ3n) is 1.98. The minimum Gasteiger partial charge on any atom is -0.276 e. The zero-order valence-corrected chi connectivity index (χ0v) is 7.64. The summed E-state index contributed by atoms with van der Waals surface area (Å²) in [4.78, 5) is 3.19. The first-order valence-corrected chi connectivity index (χ1v) is 4.11. The van der Waals surface area contributed by atoms with Crippen molar-refractivity contribution in [3.05, 3.63) is 35.5 Å². The molecule has 0 saturated carbocycles. The summed E-state index contributed by atoms with van der Waals surface area (Å²) in [5, 5.41) is 0. The third kappa shape index (κ3) is 1.55. The first-order valence-electron chi connectivity index (χ1n) is 4.11. The second-order valence-corrected chi connectivity index (χ2v) is 3.18. The van der Waals surface area contributed by atoms with Crippen molar-refractivity contribution in [2.24, 2.45) is 0 Å². The van der Waals surface area contributed by atoms with Crippen molar-refractivity contribution in [3.63, 3.8) is 0 Å². The minimum atomic E-state index is -4.76. The first kappa shape index (κ1) is 9.95. The summed E-state index contributed by atoms with van der Waals surface area (Å²) in [6, 6.07) is 2.91.